The Morgan fingerprint density at radius 1 is 1.41 bits per heavy atom. The van der Waals surface area contributed by atoms with Gasteiger partial charge in [0.15, 0.2) is 0 Å². The minimum atomic E-state index is -2.96. The molecule has 0 atom stereocenters. The number of carbonyl (C=O) groups is 1. The van der Waals surface area contributed by atoms with Crippen molar-refractivity contribution in [2.24, 2.45) is 0 Å². The van der Waals surface area contributed by atoms with Crippen molar-refractivity contribution in [3.05, 3.63) is 22.8 Å². The molecule has 0 bridgehead atoms. The van der Waals surface area contributed by atoms with Crippen LogP contribution in [0.5, 0.6) is 5.75 Å². The molecule has 0 saturated heterocycles. The first-order chi connectivity index (χ1) is 7.88. The number of alkyl halides is 2. The van der Waals surface area contributed by atoms with Crippen LogP contribution in [0.15, 0.2) is 6.07 Å². The van der Waals surface area contributed by atoms with Crippen molar-refractivity contribution in [3.63, 3.8) is 0 Å². The number of carbonyl (C=O) groups excluding carboxylic acids is 1. The van der Waals surface area contributed by atoms with E-state index in [1.807, 2.05) is 0 Å². The van der Waals surface area contributed by atoms with Gasteiger partial charge in [-0.15, -0.1) is 0 Å². The second kappa shape index (κ2) is 4.99. The fraction of sp³-hybridized carbons (Fsp3) is 0.364. The molecule has 0 saturated carbocycles. The highest BCUT2D eigenvalue weighted by Crippen LogP contribution is 2.31. The van der Waals surface area contributed by atoms with E-state index in [2.05, 4.69) is 9.47 Å². The van der Waals surface area contributed by atoms with Crippen LogP contribution in [0.2, 0.25) is 0 Å². The molecule has 0 aliphatic rings. The van der Waals surface area contributed by atoms with Gasteiger partial charge in [-0.1, -0.05) is 0 Å². The van der Waals surface area contributed by atoms with E-state index in [9.17, 15) is 13.6 Å². The number of benzene rings is 1. The van der Waals surface area contributed by atoms with E-state index < -0.39 is 12.6 Å². The summed E-state index contributed by atoms with van der Waals surface area (Å²) in [5.41, 5.74) is 6.69. The summed E-state index contributed by atoms with van der Waals surface area (Å²) in [5.74, 6) is -0.755. The Morgan fingerprint density at radius 3 is 2.47 bits per heavy atom. The number of rotatable bonds is 3. The number of esters is 1. The molecule has 0 amide bonds. The van der Waals surface area contributed by atoms with Gasteiger partial charge < -0.3 is 15.2 Å². The molecule has 0 aromatic heterocycles. The highest BCUT2D eigenvalue weighted by molar-refractivity contribution is 5.98. The highest BCUT2D eigenvalue weighted by Gasteiger charge is 2.20. The van der Waals surface area contributed by atoms with Crippen molar-refractivity contribution in [3.8, 4) is 5.75 Å². The number of hydrogen-bond acceptors (Lipinski definition) is 4. The first-order valence-corrected chi connectivity index (χ1v) is 4.81. The number of halogens is 2. The Balaban J connectivity index is 3.37. The fourth-order valence-corrected chi connectivity index (χ4v) is 1.49. The minimum absolute atomic E-state index is 0.0585. The van der Waals surface area contributed by atoms with E-state index in [4.69, 9.17) is 5.73 Å². The second-order valence-electron chi connectivity index (χ2n) is 3.48. The lowest BCUT2D eigenvalue weighted by atomic mass is 10.0. The maximum Gasteiger partial charge on any atom is 0.387 e. The smallest absolute Gasteiger partial charge is 0.387 e. The van der Waals surface area contributed by atoms with Crippen molar-refractivity contribution >= 4 is 11.7 Å². The van der Waals surface area contributed by atoms with Gasteiger partial charge in [-0.3, -0.25) is 0 Å². The molecule has 0 aliphatic carbocycles. The number of anilines is 1. The standard InChI is InChI=1S/C11H13F2NO3/c1-5-4-7(17-11(12)13)6(2)8(9(5)14)10(15)16-3/h4,11H,14H2,1-3H3. The van der Waals surface area contributed by atoms with Crippen LogP contribution in [0.4, 0.5) is 14.5 Å². The molecule has 6 heteroatoms. The summed E-state index contributed by atoms with van der Waals surface area (Å²) in [4.78, 5) is 11.5. The minimum Gasteiger partial charge on any atom is -0.465 e. The van der Waals surface area contributed by atoms with Gasteiger partial charge in [0.2, 0.25) is 0 Å². The largest absolute Gasteiger partial charge is 0.465 e. The predicted octanol–water partition coefficient (Wildman–Crippen LogP) is 2.27. The number of ether oxygens (including phenoxy) is 2. The predicted molar refractivity (Wildman–Crippen MR) is 58.3 cm³/mol. The van der Waals surface area contributed by atoms with Crippen LogP contribution < -0.4 is 10.5 Å². The molecule has 0 heterocycles. The van der Waals surface area contributed by atoms with Crippen LogP contribution in [0.3, 0.4) is 0 Å². The zero-order chi connectivity index (χ0) is 13.2. The molecule has 1 aromatic rings. The average molecular weight is 245 g/mol. The summed E-state index contributed by atoms with van der Waals surface area (Å²) in [7, 11) is 1.19. The summed E-state index contributed by atoms with van der Waals surface area (Å²) in [5, 5.41) is 0. The van der Waals surface area contributed by atoms with Crippen LogP contribution in [0.25, 0.3) is 0 Å². The molecule has 0 fully saturated rings. The van der Waals surface area contributed by atoms with Crippen molar-refractivity contribution in [1.82, 2.24) is 0 Å². The van der Waals surface area contributed by atoms with Gasteiger partial charge >= 0.3 is 12.6 Å². The summed E-state index contributed by atoms with van der Waals surface area (Å²) in [6.45, 7) is 0.112. The Kier molecular flexibility index (Phi) is 3.88. The number of nitrogen functional groups attached to an aromatic ring is 1. The van der Waals surface area contributed by atoms with Gasteiger partial charge in [-0.25, -0.2) is 4.79 Å². The molecule has 0 aliphatic heterocycles. The molecule has 2 N–H and O–H groups in total. The van der Waals surface area contributed by atoms with Crippen LogP contribution in [0.1, 0.15) is 21.5 Å². The normalized spacial score (nSPS) is 10.5. The first-order valence-electron chi connectivity index (χ1n) is 4.81. The second-order valence-corrected chi connectivity index (χ2v) is 3.48. The van der Waals surface area contributed by atoms with Gasteiger partial charge in [0.05, 0.1) is 12.7 Å². The molecule has 94 valence electrons. The zero-order valence-corrected chi connectivity index (χ0v) is 9.71. The topological polar surface area (TPSA) is 61.5 Å². The fourth-order valence-electron chi connectivity index (χ4n) is 1.49. The Hall–Kier alpha value is -1.85. The van der Waals surface area contributed by atoms with Crippen LogP contribution in [-0.2, 0) is 4.74 Å². The molecule has 0 radical (unpaired) electrons. The van der Waals surface area contributed by atoms with Gasteiger partial charge in [0.25, 0.3) is 0 Å². The van der Waals surface area contributed by atoms with Gasteiger partial charge in [0.1, 0.15) is 5.75 Å². The van der Waals surface area contributed by atoms with Crippen molar-refractivity contribution in [2.45, 2.75) is 20.5 Å². The van der Waals surface area contributed by atoms with E-state index in [0.717, 1.165) is 0 Å². The maximum atomic E-state index is 12.2. The molecule has 0 spiro atoms. The zero-order valence-electron chi connectivity index (χ0n) is 9.71. The number of hydrogen-bond donors (Lipinski definition) is 1. The SMILES string of the molecule is COC(=O)c1c(C)c(OC(F)F)cc(C)c1N. The Bertz CT molecular complexity index is 447. The average Bonchev–Trinajstić information content (AvgIpc) is 2.25. The molecular formula is C11H13F2NO3. The molecule has 17 heavy (non-hydrogen) atoms. The third kappa shape index (κ3) is 2.64. The monoisotopic (exact) mass is 245 g/mol. The summed E-state index contributed by atoms with van der Waals surface area (Å²) < 4.78 is 33.2. The van der Waals surface area contributed by atoms with Crippen LogP contribution in [0, 0.1) is 13.8 Å². The van der Waals surface area contributed by atoms with E-state index in [1.165, 1.54) is 20.1 Å². The molecule has 4 nitrogen and oxygen atoms in total. The summed E-state index contributed by atoms with van der Waals surface area (Å²) in [6.07, 6.45) is 0. The lowest BCUT2D eigenvalue weighted by Gasteiger charge is -2.15. The van der Waals surface area contributed by atoms with Crippen molar-refractivity contribution in [1.29, 1.82) is 0 Å². The summed E-state index contributed by atoms with van der Waals surface area (Å²) >= 11 is 0. The van der Waals surface area contributed by atoms with E-state index in [0.29, 0.717) is 5.56 Å². The Labute approximate surface area is 97.3 Å². The first kappa shape index (κ1) is 13.2. The lowest BCUT2D eigenvalue weighted by molar-refractivity contribution is -0.0503. The lowest BCUT2D eigenvalue weighted by Crippen LogP contribution is -2.12. The van der Waals surface area contributed by atoms with Gasteiger partial charge in [-0.2, -0.15) is 8.78 Å². The maximum absolute atomic E-state index is 12.2. The van der Waals surface area contributed by atoms with E-state index >= 15 is 0 Å². The van der Waals surface area contributed by atoms with E-state index in [1.54, 1.807) is 6.92 Å². The molecular weight excluding hydrogens is 232 g/mol. The van der Waals surface area contributed by atoms with E-state index in [-0.39, 0.29) is 22.6 Å². The van der Waals surface area contributed by atoms with Crippen LogP contribution >= 0.6 is 0 Å². The highest BCUT2D eigenvalue weighted by atomic mass is 19.3. The quantitative estimate of drug-likeness (QED) is 0.655. The molecule has 0 unspecified atom stereocenters. The van der Waals surface area contributed by atoms with Gasteiger partial charge in [0, 0.05) is 11.3 Å². The molecule has 1 aromatic carbocycles. The molecule has 1 rings (SSSR count). The number of aryl methyl sites for hydroxylation is 1. The number of methoxy groups -OCH3 is 1. The summed E-state index contributed by atoms with van der Waals surface area (Å²) in [6, 6.07) is 1.36. The van der Waals surface area contributed by atoms with Gasteiger partial charge in [-0.05, 0) is 25.5 Å². The van der Waals surface area contributed by atoms with Crippen molar-refractivity contribution in [2.75, 3.05) is 12.8 Å². The van der Waals surface area contributed by atoms with Crippen molar-refractivity contribution < 1.29 is 23.0 Å². The number of nitrogens with two attached hydrogens (primary N) is 1. The third-order valence-corrected chi connectivity index (χ3v) is 2.39. The third-order valence-electron chi connectivity index (χ3n) is 2.39. The van der Waals surface area contributed by atoms with Crippen LogP contribution in [-0.4, -0.2) is 19.7 Å². The Morgan fingerprint density at radius 2 is 2.00 bits per heavy atom.